The number of nitrogens with two attached hydrogens (primary N) is 1. The standard InChI is InChI=1S/C19H30ClN3/c1-15-3-2-4-18(19(15)20)23-13-11-22(12-14-23)10-9-16-5-7-17(21)8-6-16/h2-4,16-17H,5-14,21H2,1H3/t16-,17-. The SMILES string of the molecule is Cc1cccc(N2CCN(CC[C@H]3CC[C@H](N)CC3)CC2)c1Cl. The van der Waals surface area contributed by atoms with Gasteiger partial charge in [-0.1, -0.05) is 23.7 Å². The zero-order valence-electron chi connectivity index (χ0n) is 14.3. The van der Waals surface area contributed by atoms with Gasteiger partial charge in [-0.15, -0.1) is 0 Å². The summed E-state index contributed by atoms with van der Waals surface area (Å²) in [6, 6.07) is 6.80. The van der Waals surface area contributed by atoms with E-state index in [1.54, 1.807) is 0 Å². The van der Waals surface area contributed by atoms with Gasteiger partial charge in [0.2, 0.25) is 0 Å². The molecule has 4 heteroatoms. The molecule has 0 bridgehead atoms. The Kier molecular flexibility index (Phi) is 5.84. The summed E-state index contributed by atoms with van der Waals surface area (Å²) in [6.07, 6.45) is 6.46. The van der Waals surface area contributed by atoms with Crippen molar-refractivity contribution in [2.45, 2.75) is 45.1 Å². The Morgan fingerprint density at radius 1 is 1.09 bits per heavy atom. The monoisotopic (exact) mass is 335 g/mol. The predicted octanol–water partition coefficient (Wildman–Crippen LogP) is 3.68. The first kappa shape index (κ1) is 17.1. The van der Waals surface area contributed by atoms with Crippen molar-refractivity contribution < 1.29 is 0 Å². The normalized spacial score (nSPS) is 26.5. The summed E-state index contributed by atoms with van der Waals surface area (Å²) in [5, 5.41) is 0.916. The van der Waals surface area contributed by atoms with Gasteiger partial charge in [-0.25, -0.2) is 0 Å². The minimum absolute atomic E-state index is 0.467. The van der Waals surface area contributed by atoms with Gasteiger partial charge in [-0.2, -0.15) is 0 Å². The van der Waals surface area contributed by atoms with E-state index in [2.05, 4.69) is 34.9 Å². The fourth-order valence-corrected chi connectivity index (χ4v) is 4.18. The first-order valence-electron chi connectivity index (χ1n) is 9.11. The molecule has 1 aromatic carbocycles. The van der Waals surface area contributed by atoms with Gasteiger partial charge >= 0.3 is 0 Å². The molecule has 0 aromatic heterocycles. The second kappa shape index (κ2) is 7.87. The highest BCUT2D eigenvalue weighted by Gasteiger charge is 2.22. The lowest BCUT2D eigenvalue weighted by atomic mass is 9.84. The summed E-state index contributed by atoms with van der Waals surface area (Å²) in [5.41, 5.74) is 8.37. The molecule has 1 aliphatic carbocycles. The van der Waals surface area contributed by atoms with Crippen molar-refractivity contribution in [1.29, 1.82) is 0 Å². The number of nitrogens with zero attached hydrogens (tertiary/aromatic N) is 2. The molecule has 3 rings (SSSR count). The van der Waals surface area contributed by atoms with E-state index in [0.717, 1.165) is 37.1 Å². The lowest BCUT2D eigenvalue weighted by molar-refractivity contribution is 0.217. The molecule has 1 aromatic rings. The molecule has 0 spiro atoms. The maximum Gasteiger partial charge on any atom is 0.0668 e. The lowest BCUT2D eigenvalue weighted by Crippen LogP contribution is -2.47. The number of benzene rings is 1. The van der Waals surface area contributed by atoms with Crippen molar-refractivity contribution >= 4 is 17.3 Å². The van der Waals surface area contributed by atoms with E-state index in [1.807, 2.05) is 0 Å². The molecule has 2 fully saturated rings. The number of piperazine rings is 1. The maximum atomic E-state index is 6.47. The van der Waals surface area contributed by atoms with Gasteiger partial charge in [0.25, 0.3) is 0 Å². The van der Waals surface area contributed by atoms with E-state index in [1.165, 1.54) is 49.9 Å². The Labute approximate surface area is 145 Å². The van der Waals surface area contributed by atoms with E-state index in [4.69, 9.17) is 17.3 Å². The smallest absolute Gasteiger partial charge is 0.0668 e. The second-order valence-corrected chi connectivity index (χ2v) is 7.68. The Morgan fingerprint density at radius 2 is 1.78 bits per heavy atom. The topological polar surface area (TPSA) is 32.5 Å². The van der Waals surface area contributed by atoms with Gasteiger partial charge < -0.3 is 10.6 Å². The third-order valence-electron chi connectivity index (χ3n) is 5.63. The average Bonchev–Trinajstić information content (AvgIpc) is 2.57. The van der Waals surface area contributed by atoms with Crippen LogP contribution < -0.4 is 10.6 Å². The van der Waals surface area contributed by atoms with Crippen LogP contribution >= 0.6 is 11.6 Å². The van der Waals surface area contributed by atoms with Gasteiger partial charge in [-0.05, 0) is 63.1 Å². The first-order chi connectivity index (χ1) is 11.1. The van der Waals surface area contributed by atoms with Crippen LogP contribution in [0.4, 0.5) is 5.69 Å². The van der Waals surface area contributed by atoms with Crippen LogP contribution in [0.5, 0.6) is 0 Å². The van der Waals surface area contributed by atoms with Crippen molar-refractivity contribution in [1.82, 2.24) is 4.90 Å². The van der Waals surface area contributed by atoms with Crippen LogP contribution in [-0.4, -0.2) is 43.7 Å². The molecule has 3 nitrogen and oxygen atoms in total. The summed E-state index contributed by atoms with van der Waals surface area (Å²) < 4.78 is 0. The zero-order chi connectivity index (χ0) is 16.2. The first-order valence-corrected chi connectivity index (χ1v) is 9.49. The quantitative estimate of drug-likeness (QED) is 0.911. The molecule has 23 heavy (non-hydrogen) atoms. The number of hydrogen-bond acceptors (Lipinski definition) is 3. The van der Waals surface area contributed by atoms with Gasteiger partial charge in [0.05, 0.1) is 10.7 Å². The maximum absolute atomic E-state index is 6.47. The number of rotatable bonds is 4. The van der Waals surface area contributed by atoms with Crippen LogP contribution in [0.3, 0.4) is 0 Å². The fraction of sp³-hybridized carbons (Fsp3) is 0.684. The summed E-state index contributed by atoms with van der Waals surface area (Å²) in [5.74, 6) is 0.902. The Bertz CT molecular complexity index is 503. The van der Waals surface area contributed by atoms with Crippen LogP contribution in [0.25, 0.3) is 0 Å². The lowest BCUT2D eigenvalue weighted by Gasteiger charge is -2.37. The molecule has 1 saturated carbocycles. The van der Waals surface area contributed by atoms with E-state index >= 15 is 0 Å². The van der Waals surface area contributed by atoms with Gasteiger partial charge in [0.1, 0.15) is 0 Å². The fourth-order valence-electron chi connectivity index (χ4n) is 3.93. The number of aryl methyl sites for hydroxylation is 1. The van der Waals surface area contributed by atoms with Gasteiger partial charge in [-0.3, -0.25) is 4.90 Å². The Balaban J connectivity index is 1.44. The van der Waals surface area contributed by atoms with Crippen molar-refractivity contribution in [2.24, 2.45) is 11.7 Å². The third kappa shape index (κ3) is 4.40. The van der Waals surface area contributed by atoms with Crippen molar-refractivity contribution in [3.63, 3.8) is 0 Å². The minimum atomic E-state index is 0.467. The molecular weight excluding hydrogens is 306 g/mol. The van der Waals surface area contributed by atoms with Crippen LogP contribution in [0.2, 0.25) is 5.02 Å². The summed E-state index contributed by atoms with van der Waals surface area (Å²) >= 11 is 6.47. The molecule has 0 atom stereocenters. The molecule has 0 radical (unpaired) electrons. The molecule has 2 aliphatic rings. The van der Waals surface area contributed by atoms with E-state index in [9.17, 15) is 0 Å². The van der Waals surface area contributed by atoms with Crippen molar-refractivity contribution in [3.8, 4) is 0 Å². The van der Waals surface area contributed by atoms with Crippen LogP contribution in [0, 0.1) is 12.8 Å². The summed E-state index contributed by atoms with van der Waals surface area (Å²) in [7, 11) is 0. The second-order valence-electron chi connectivity index (χ2n) is 7.31. The molecular formula is C19H30ClN3. The Hall–Kier alpha value is -0.770. The van der Waals surface area contributed by atoms with E-state index < -0.39 is 0 Å². The summed E-state index contributed by atoms with van der Waals surface area (Å²) in [6.45, 7) is 7.79. The minimum Gasteiger partial charge on any atom is -0.368 e. The molecule has 2 N–H and O–H groups in total. The zero-order valence-corrected chi connectivity index (χ0v) is 15.1. The van der Waals surface area contributed by atoms with Crippen LogP contribution in [0.15, 0.2) is 18.2 Å². The largest absolute Gasteiger partial charge is 0.368 e. The van der Waals surface area contributed by atoms with Crippen molar-refractivity contribution in [3.05, 3.63) is 28.8 Å². The third-order valence-corrected chi connectivity index (χ3v) is 6.12. The van der Waals surface area contributed by atoms with Crippen LogP contribution in [-0.2, 0) is 0 Å². The summed E-state index contributed by atoms with van der Waals surface area (Å²) in [4.78, 5) is 5.06. The molecule has 0 amide bonds. The number of hydrogen-bond donors (Lipinski definition) is 1. The van der Waals surface area contributed by atoms with Gasteiger partial charge in [0, 0.05) is 32.2 Å². The molecule has 1 heterocycles. The number of halogens is 1. The molecule has 1 aliphatic heterocycles. The molecule has 128 valence electrons. The van der Waals surface area contributed by atoms with Crippen molar-refractivity contribution in [2.75, 3.05) is 37.6 Å². The molecule has 1 saturated heterocycles. The predicted molar refractivity (Wildman–Crippen MR) is 99.4 cm³/mol. The highest BCUT2D eigenvalue weighted by atomic mass is 35.5. The highest BCUT2D eigenvalue weighted by Crippen LogP contribution is 2.30. The van der Waals surface area contributed by atoms with E-state index in [0.29, 0.717) is 6.04 Å². The molecule has 0 unspecified atom stereocenters. The van der Waals surface area contributed by atoms with Gasteiger partial charge in [0.15, 0.2) is 0 Å². The van der Waals surface area contributed by atoms with E-state index in [-0.39, 0.29) is 0 Å². The Morgan fingerprint density at radius 3 is 2.48 bits per heavy atom. The highest BCUT2D eigenvalue weighted by molar-refractivity contribution is 6.34. The van der Waals surface area contributed by atoms with Crippen LogP contribution in [0.1, 0.15) is 37.7 Å². The number of anilines is 1. The average molecular weight is 336 g/mol.